The number of hydrogen-bond donors (Lipinski definition) is 2. The molecule has 124 valence electrons. The number of carboxylic acids is 1. The monoisotopic (exact) mass is 322 g/mol. The second-order valence-electron chi connectivity index (χ2n) is 5.04. The Bertz CT molecular complexity index is 659. The van der Waals surface area contributed by atoms with E-state index in [0.717, 1.165) is 0 Å². The van der Waals surface area contributed by atoms with E-state index in [4.69, 9.17) is 14.6 Å². The molecule has 1 fully saturated rings. The molecule has 1 aromatic rings. The molecule has 0 radical (unpaired) electrons. The Labute approximate surface area is 133 Å². The Balaban J connectivity index is 2.48. The highest BCUT2D eigenvalue weighted by Gasteiger charge is 2.51. The van der Waals surface area contributed by atoms with Gasteiger partial charge in [-0.05, 0) is 24.1 Å². The topological polar surface area (TPSA) is 105 Å². The number of nitrogens with zero attached hydrogens (tertiary/aromatic N) is 1. The van der Waals surface area contributed by atoms with Crippen LogP contribution in [0.25, 0.3) is 0 Å². The fourth-order valence-corrected chi connectivity index (χ4v) is 2.65. The first-order valence-corrected chi connectivity index (χ1v) is 6.98. The van der Waals surface area contributed by atoms with Crippen LogP contribution in [0, 0.1) is 0 Å². The molecule has 0 bridgehead atoms. The summed E-state index contributed by atoms with van der Waals surface area (Å²) in [6, 6.07) is 4.15. The molecule has 2 N–H and O–H groups in total. The molecule has 1 aliphatic heterocycles. The lowest BCUT2D eigenvalue weighted by Crippen LogP contribution is -2.43. The van der Waals surface area contributed by atoms with Crippen molar-refractivity contribution in [1.82, 2.24) is 10.2 Å². The van der Waals surface area contributed by atoms with Crippen molar-refractivity contribution in [2.75, 3.05) is 20.8 Å². The van der Waals surface area contributed by atoms with E-state index >= 15 is 0 Å². The number of nitrogens with one attached hydrogen (secondary N) is 1. The fraction of sp³-hybridized carbons (Fsp3) is 0.400. The van der Waals surface area contributed by atoms with Crippen LogP contribution in [0.2, 0.25) is 0 Å². The fourth-order valence-electron chi connectivity index (χ4n) is 2.65. The molecule has 0 aromatic heterocycles. The van der Waals surface area contributed by atoms with E-state index in [0.29, 0.717) is 22.0 Å². The van der Waals surface area contributed by atoms with Crippen molar-refractivity contribution in [2.24, 2.45) is 0 Å². The molecule has 0 saturated carbocycles. The number of amides is 3. The largest absolute Gasteiger partial charge is 0.493 e. The standard InChI is InChI=1S/C15H18N2O6/c1-4-15(9-5-6-10(22-2)11(7-9)23-3)13(20)17(8-12(18)19)14(21)16-15/h5-7H,4,8H2,1-3H3,(H,16,21)(H,18,19)/t15-/m1/s1. The molecule has 23 heavy (non-hydrogen) atoms. The van der Waals surface area contributed by atoms with Gasteiger partial charge in [-0.15, -0.1) is 0 Å². The minimum atomic E-state index is -1.31. The maximum atomic E-state index is 12.7. The van der Waals surface area contributed by atoms with Crippen LogP contribution in [0.5, 0.6) is 11.5 Å². The summed E-state index contributed by atoms with van der Waals surface area (Å²) < 4.78 is 10.4. The van der Waals surface area contributed by atoms with Crippen LogP contribution in [0.3, 0.4) is 0 Å². The molecule has 0 aliphatic carbocycles. The number of methoxy groups -OCH3 is 2. The van der Waals surface area contributed by atoms with Gasteiger partial charge in [0.15, 0.2) is 11.5 Å². The van der Waals surface area contributed by atoms with Crippen molar-refractivity contribution in [3.63, 3.8) is 0 Å². The van der Waals surface area contributed by atoms with Crippen LogP contribution >= 0.6 is 0 Å². The molecule has 1 saturated heterocycles. The van der Waals surface area contributed by atoms with Crippen molar-refractivity contribution in [3.8, 4) is 11.5 Å². The number of carbonyl (C=O) groups is 3. The van der Waals surface area contributed by atoms with Gasteiger partial charge in [-0.1, -0.05) is 13.0 Å². The van der Waals surface area contributed by atoms with Crippen molar-refractivity contribution < 1.29 is 29.0 Å². The minimum absolute atomic E-state index is 0.267. The Morgan fingerprint density at radius 2 is 1.91 bits per heavy atom. The van der Waals surface area contributed by atoms with Gasteiger partial charge in [-0.3, -0.25) is 14.5 Å². The van der Waals surface area contributed by atoms with Gasteiger partial charge < -0.3 is 19.9 Å². The quantitative estimate of drug-likeness (QED) is 0.755. The van der Waals surface area contributed by atoms with Gasteiger partial charge in [0.2, 0.25) is 0 Å². The highest BCUT2D eigenvalue weighted by Crippen LogP contribution is 2.37. The summed E-state index contributed by atoms with van der Waals surface area (Å²) >= 11 is 0. The highest BCUT2D eigenvalue weighted by molar-refractivity contribution is 6.09. The number of ether oxygens (including phenoxy) is 2. The van der Waals surface area contributed by atoms with Gasteiger partial charge >= 0.3 is 12.0 Å². The Kier molecular flexibility index (Phi) is 4.44. The van der Waals surface area contributed by atoms with Gasteiger partial charge in [0, 0.05) is 0 Å². The molecule has 0 unspecified atom stereocenters. The zero-order chi connectivity index (χ0) is 17.2. The van der Waals surface area contributed by atoms with Gasteiger partial charge in [-0.25, -0.2) is 4.79 Å². The average molecular weight is 322 g/mol. The van der Waals surface area contributed by atoms with Gasteiger partial charge in [0.25, 0.3) is 5.91 Å². The van der Waals surface area contributed by atoms with Gasteiger partial charge in [-0.2, -0.15) is 0 Å². The molecule has 1 aliphatic rings. The zero-order valence-corrected chi connectivity index (χ0v) is 13.1. The second-order valence-corrected chi connectivity index (χ2v) is 5.04. The third kappa shape index (κ3) is 2.67. The van der Waals surface area contributed by atoms with Crippen molar-refractivity contribution in [3.05, 3.63) is 23.8 Å². The summed E-state index contributed by atoms with van der Waals surface area (Å²) in [7, 11) is 2.95. The maximum absolute atomic E-state index is 12.7. The molecular weight excluding hydrogens is 304 g/mol. The van der Waals surface area contributed by atoms with Crippen molar-refractivity contribution in [2.45, 2.75) is 18.9 Å². The predicted molar refractivity (Wildman–Crippen MR) is 79.4 cm³/mol. The van der Waals surface area contributed by atoms with Crippen LogP contribution in [0.4, 0.5) is 4.79 Å². The average Bonchev–Trinajstić information content (AvgIpc) is 2.78. The van der Waals surface area contributed by atoms with Crippen LogP contribution in [0.15, 0.2) is 18.2 Å². The van der Waals surface area contributed by atoms with E-state index < -0.39 is 30.0 Å². The number of urea groups is 1. The molecule has 3 amide bonds. The molecule has 1 aromatic carbocycles. The summed E-state index contributed by atoms with van der Waals surface area (Å²) in [6.07, 6.45) is 0.267. The third-order valence-corrected chi connectivity index (χ3v) is 3.88. The Morgan fingerprint density at radius 1 is 1.26 bits per heavy atom. The van der Waals surface area contributed by atoms with Crippen LogP contribution in [-0.4, -0.2) is 48.7 Å². The first-order chi connectivity index (χ1) is 10.9. The second kappa shape index (κ2) is 6.15. The van der Waals surface area contributed by atoms with Crippen LogP contribution in [-0.2, 0) is 15.1 Å². The lowest BCUT2D eigenvalue weighted by molar-refractivity contribution is -0.143. The van der Waals surface area contributed by atoms with Crippen molar-refractivity contribution >= 4 is 17.9 Å². The number of carboxylic acid groups (broad SMARTS) is 1. The molecule has 1 heterocycles. The first-order valence-electron chi connectivity index (χ1n) is 6.98. The van der Waals surface area contributed by atoms with E-state index in [2.05, 4.69) is 5.32 Å². The van der Waals surface area contributed by atoms with E-state index in [1.165, 1.54) is 14.2 Å². The normalized spacial score (nSPS) is 20.4. The van der Waals surface area contributed by atoms with E-state index in [-0.39, 0.29) is 6.42 Å². The van der Waals surface area contributed by atoms with Crippen LogP contribution < -0.4 is 14.8 Å². The summed E-state index contributed by atoms with van der Waals surface area (Å²) in [6.45, 7) is 1.05. The molecule has 8 heteroatoms. The summed E-state index contributed by atoms with van der Waals surface area (Å²) in [5.41, 5.74) is -0.810. The Hall–Kier alpha value is -2.77. The molecular formula is C15H18N2O6. The zero-order valence-electron chi connectivity index (χ0n) is 13.1. The van der Waals surface area contributed by atoms with Crippen molar-refractivity contribution in [1.29, 1.82) is 0 Å². The van der Waals surface area contributed by atoms with E-state index in [1.807, 2.05) is 0 Å². The number of hydrogen-bond acceptors (Lipinski definition) is 5. The number of benzene rings is 1. The number of aliphatic carboxylic acids is 1. The predicted octanol–water partition coefficient (Wildman–Crippen LogP) is 0.945. The Morgan fingerprint density at radius 3 is 2.43 bits per heavy atom. The highest BCUT2D eigenvalue weighted by atomic mass is 16.5. The lowest BCUT2D eigenvalue weighted by atomic mass is 9.87. The number of rotatable bonds is 6. The SMILES string of the molecule is CC[C@]1(c2ccc(OC)c(OC)c2)NC(=O)N(CC(=O)O)C1=O. The molecule has 1 atom stereocenters. The summed E-state index contributed by atoms with van der Waals surface area (Å²) in [4.78, 5) is 36.2. The van der Waals surface area contributed by atoms with E-state index in [9.17, 15) is 14.4 Å². The lowest BCUT2D eigenvalue weighted by Gasteiger charge is -2.26. The smallest absolute Gasteiger partial charge is 0.325 e. The molecule has 0 spiro atoms. The summed E-state index contributed by atoms with van der Waals surface area (Å²) in [5.74, 6) is -0.953. The minimum Gasteiger partial charge on any atom is -0.493 e. The maximum Gasteiger partial charge on any atom is 0.325 e. The molecule has 2 rings (SSSR count). The van der Waals surface area contributed by atoms with Crippen LogP contribution in [0.1, 0.15) is 18.9 Å². The van der Waals surface area contributed by atoms with Gasteiger partial charge in [0.1, 0.15) is 12.1 Å². The summed E-state index contributed by atoms with van der Waals surface area (Å²) in [5, 5.41) is 11.5. The molecule has 8 nitrogen and oxygen atoms in total. The van der Waals surface area contributed by atoms with Gasteiger partial charge in [0.05, 0.1) is 14.2 Å². The third-order valence-electron chi connectivity index (χ3n) is 3.88. The first kappa shape index (κ1) is 16.6. The number of carbonyl (C=O) groups excluding carboxylic acids is 2. The number of imide groups is 1. The van der Waals surface area contributed by atoms with E-state index in [1.54, 1.807) is 25.1 Å².